The van der Waals surface area contributed by atoms with Gasteiger partial charge >= 0.3 is 0 Å². The summed E-state index contributed by atoms with van der Waals surface area (Å²) in [6.07, 6.45) is 3.36. The van der Waals surface area contributed by atoms with Gasteiger partial charge in [0.2, 0.25) is 0 Å². The highest BCUT2D eigenvalue weighted by atomic mass is 35.5. The molecule has 0 radical (unpaired) electrons. The number of carbonyl (C=O) groups is 1. The first-order chi connectivity index (χ1) is 16.3. The van der Waals surface area contributed by atoms with Gasteiger partial charge in [-0.05, 0) is 43.2 Å². The molecule has 0 unspecified atom stereocenters. The molecule has 2 aromatic heterocycles. The number of anilines is 1. The first kappa shape index (κ1) is 24.1. The number of aliphatic hydroxyl groups is 1. The lowest BCUT2D eigenvalue weighted by Gasteiger charge is -2.36. The molecule has 3 aromatic rings. The molecule has 0 saturated heterocycles. The molecule has 3 heterocycles. The smallest absolute Gasteiger partial charge is 0.290 e. The summed E-state index contributed by atoms with van der Waals surface area (Å²) in [6.45, 7) is 4.64. The SMILES string of the molecule is COC[C@H]1Cn2cc(-c3cc(NC(C)C)ncc3Cl)nc2C(=O)N1Cc1cc(F)ccc1CO. The minimum Gasteiger partial charge on any atom is -0.392 e. The monoisotopic (exact) mass is 487 g/mol. The van der Waals surface area contributed by atoms with Crippen LogP contribution in [0.15, 0.2) is 36.7 Å². The number of benzene rings is 1. The number of imidazole rings is 1. The molecule has 0 spiro atoms. The quantitative estimate of drug-likeness (QED) is 0.503. The summed E-state index contributed by atoms with van der Waals surface area (Å²) in [7, 11) is 1.57. The zero-order chi connectivity index (χ0) is 24.4. The number of halogens is 2. The summed E-state index contributed by atoms with van der Waals surface area (Å²) in [5.74, 6) is 0.184. The van der Waals surface area contributed by atoms with E-state index in [1.54, 1.807) is 29.0 Å². The normalized spacial score (nSPS) is 15.7. The largest absolute Gasteiger partial charge is 0.392 e. The van der Waals surface area contributed by atoms with Crippen LogP contribution in [0.4, 0.5) is 10.2 Å². The van der Waals surface area contributed by atoms with Gasteiger partial charge in [0.1, 0.15) is 11.6 Å². The summed E-state index contributed by atoms with van der Waals surface area (Å²) in [5, 5.41) is 13.3. The van der Waals surface area contributed by atoms with Gasteiger partial charge in [0.15, 0.2) is 5.82 Å². The first-order valence-electron chi connectivity index (χ1n) is 11.0. The first-order valence-corrected chi connectivity index (χ1v) is 11.4. The molecule has 1 atom stereocenters. The summed E-state index contributed by atoms with van der Waals surface area (Å²) in [4.78, 5) is 24.0. The number of rotatable bonds is 8. The second-order valence-corrected chi connectivity index (χ2v) is 8.97. The number of nitrogens with zero attached hydrogens (tertiary/aromatic N) is 4. The van der Waals surface area contributed by atoms with Crippen LogP contribution in [-0.2, 0) is 24.4 Å². The molecule has 4 rings (SSSR count). The van der Waals surface area contributed by atoms with Gasteiger partial charge in [0.25, 0.3) is 5.91 Å². The Bertz CT molecular complexity index is 1200. The van der Waals surface area contributed by atoms with E-state index < -0.39 is 5.82 Å². The Kier molecular flexibility index (Phi) is 7.16. The van der Waals surface area contributed by atoms with Crippen LogP contribution in [0, 0.1) is 5.82 Å². The number of ether oxygens (including phenoxy) is 1. The number of aliphatic hydroxyl groups excluding tert-OH is 1. The molecular weight excluding hydrogens is 461 g/mol. The zero-order valence-electron chi connectivity index (χ0n) is 19.3. The van der Waals surface area contributed by atoms with Gasteiger partial charge in [0.05, 0.1) is 30.0 Å². The minimum atomic E-state index is -0.429. The minimum absolute atomic E-state index is 0.126. The van der Waals surface area contributed by atoms with Crippen molar-refractivity contribution in [2.24, 2.45) is 0 Å². The van der Waals surface area contributed by atoms with Crippen LogP contribution in [0.3, 0.4) is 0 Å². The van der Waals surface area contributed by atoms with E-state index in [1.807, 2.05) is 19.9 Å². The number of fused-ring (bicyclic) bond motifs is 1. The Morgan fingerprint density at radius 2 is 2.12 bits per heavy atom. The van der Waals surface area contributed by atoms with Crippen molar-refractivity contribution < 1.29 is 19.0 Å². The number of methoxy groups -OCH3 is 1. The Labute approximate surface area is 202 Å². The fourth-order valence-corrected chi connectivity index (χ4v) is 4.30. The van der Waals surface area contributed by atoms with E-state index in [-0.39, 0.29) is 37.0 Å². The molecule has 8 nitrogen and oxygen atoms in total. The average molecular weight is 488 g/mol. The number of amides is 1. The van der Waals surface area contributed by atoms with E-state index in [4.69, 9.17) is 16.3 Å². The molecular formula is C24H27ClFN5O3. The van der Waals surface area contributed by atoms with Gasteiger partial charge in [-0.2, -0.15) is 0 Å². The lowest BCUT2D eigenvalue weighted by Crippen LogP contribution is -2.49. The van der Waals surface area contributed by atoms with Gasteiger partial charge in [0, 0.05) is 44.2 Å². The van der Waals surface area contributed by atoms with Crippen LogP contribution in [0.1, 0.15) is 35.6 Å². The Hall–Kier alpha value is -3.01. The van der Waals surface area contributed by atoms with Crippen LogP contribution in [-0.4, -0.2) is 56.2 Å². The Morgan fingerprint density at radius 1 is 1.32 bits per heavy atom. The summed E-state index contributed by atoms with van der Waals surface area (Å²) >= 11 is 6.42. The molecule has 0 fully saturated rings. The summed E-state index contributed by atoms with van der Waals surface area (Å²) in [6, 6.07) is 5.86. The van der Waals surface area contributed by atoms with E-state index in [0.29, 0.717) is 46.4 Å². The van der Waals surface area contributed by atoms with E-state index in [0.717, 1.165) is 0 Å². The van der Waals surface area contributed by atoms with Gasteiger partial charge in [-0.3, -0.25) is 4.79 Å². The van der Waals surface area contributed by atoms with Crippen LogP contribution in [0.2, 0.25) is 5.02 Å². The highest BCUT2D eigenvalue weighted by Crippen LogP contribution is 2.31. The highest BCUT2D eigenvalue weighted by molar-refractivity contribution is 6.33. The molecule has 2 N–H and O–H groups in total. The van der Waals surface area contributed by atoms with Gasteiger partial charge in [-0.15, -0.1) is 0 Å². The van der Waals surface area contributed by atoms with Crippen molar-refractivity contribution in [3.63, 3.8) is 0 Å². The van der Waals surface area contributed by atoms with E-state index in [1.165, 1.54) is 18.2 Å². The Balaban J connectivity index is 1.70. The number of hydrogen-bond acceptors (Lipinski definition) is 6. The van der Waals surface area contributed by atoms with Crippen molar-refractivity contribution in [2.45, 2.75) is 45.6 Å². The lowest BCUT2D eigenvalue weighted by atomic mass is 10.1. The molecule has 180 valence electrons. The third kappa shape index (κ3) is 4.91. The van der Waals surface area contributed by atoms with Crippen LogP contribution in [0.25, 0.3) is 11.3 Å². The van der Waals surface area contributed by atoms with Crippen molar-refractivity contribution >= 4 is 23.3 Å². The van der Waals surface area contributed by atoms with Crippen LogP contribution < -0.4 is 5.32 Å². The fourth-order valence-electron chi connectivity index (χ4n) is 4.10. The molecule has 34 heavy (non-hydrogen) atoms. The van der Waals surface area contributed by atoms with Gasteiger partial charge < -0.3 is 24.6 Å². The zero-order valence-corrected chi connectivity index (χ0v) is 20.0. The van der Waals surface area contributed by atoms with Crippen molar-refractivity contribution in [2.75, 3.05) is 19.0 Å². The van der Waals surface area contributed by atoms with E-state index in [2.05, 4.69) is 15.3 Å². The Morgan fingerprint density at radius 3 is 2.82 bits per heavy atom. The molecule has 0 saturated carbocycles. The predicted octanol–water partition coefficient (Wildman–Crippen LogP) is 3.72. The van der Waals surface area contributed by atoms with E-state index >= 15 is 0 Å². The molecule has 0 aliphatic carbocycles. The number of nitrogens with one attached hydrogen (secondary N) is 1. The fraction of sp³-hybridized carbons (Fsp3) is 0.375. The third-order valence-corrected chi connectivity index (χ3v) is 5.98. The molecule has 1 aromatic carbocycles. The summed E-state index contributed by atoms with van der Waals surface area (Å²) < 4.78 is 21.1. The van der Waals surface area contributed by atoms with Gasteiger partial charge in [-0.25, -0.2) is 14.4 Å². The molecule has 1 amide bonds. The molecule has 1 aliphatic heterocycles. The number of aromatic nitrogens is 3. The third-order valence-electron chi connectivity index (χ3n) is 5.68. The molecule has 0 bridgehead atoms. The maximum absolute atomic E-state index is 13.9. The number of pyridine rings is 1. The molecule has 10 heteroatoms. The van der Waals surface area contributed by atoms with Crippen molar-refractivity contribution in [1.29, 1.82) is 0 Å². The van der Waals surface area contributed by atoms with Gasteiger partial charge in [-0.1, -0.05) is 17.7 Å². The van der Waals surface area contributed by atoms with Crippen molar-refractivity contribution in [3.8, 4) is 11.3 Å². The average Bonchev–Trinajstić information content (AvgIpc) is 3.22. The topological polar surface area (TPSA) is 92.5 Å². The lowest BCUT2D eigenvalue weighted by molar-refractivity contribution is 0.0378. The van der Waals surface area contributed by atoms with Crippen molar-refractivity contribution in [3.05, 3.63) is 64.5 Å². The van der Waals surface area contributed by atoms with Crippen LogP contribution in [0.5, 0.6) is 0 Å². The number of carbonyl (C=O) groups excluding carboxylic acids is 1. The molecule has 1 aliphatic rings. The highest BCUT2D eigenvalue weighted by Gasteiger charge is 2.35. The van der Waals surface area contributed by atoms with Crippen molar-refractivity contribution in [1.82, 2.24) is 19.4 Å². The second-order valence-electron chi connectivity index (χ2n) is 8.56. The predicted molar refractivity (Wildman–Crippen MR) is 127 cm³/mol. The standard InChI is InChI=1S/C24H27ClFN5O3/c1-14(2)28-22-7-19(20(25)8-27-22)21-11-30-10-18(13-34-3)31(24(33)23(30)29-21)9-16-6-17(26)5-4-15(16)12-32/h4-8,11,14,18,32H,9-10,12-13H2,1-3H3,(H,27,28)/t18-/m1/s1. The second kappa shape index (κ2) is 10.1. The van der Waals surface area contributed by atoms with E-state index in [9.17, 15) is 14.3 Å². The maximum Gasteiger partial charge on any atom is 0.290 e. The number of hydrogen-bond donors (Lipinski definition) is 2. The maximum atomic E-state index is 13.9. The summed E-state index contributed by atoms with van der Waals surface area (Å²) in [5.41, 5.74) is 2.33. The van der Waals surface area contributed by atoms with Crippen LogP contribution >= 0.6 is 11.6 Å².